The van der Waals surface area contributed by atoms with Gasteiger partial charge >= 0.3 is 0 Å². The van der Waals surface area contributed by atoms with E-state index in [0.29, 0.717) is 24.0 Å². The number of piperidine rings is 1. The number of nitrogens with one attached hydrogen (secondary N) is 1. The Labute approximate surface area is 132 Å². The Morgan fingerprint density at radius 2 is 2.18 bits per heavy atom. The van der Waals surface area contributed by atoms with Crippen LogP contribution in [0.5, 0.6) is 0 Å². The topological polar surface area (TPSA) is 92.3 Å². The molecule has 1 N–H and O–H groups in total. The molecule has 9 heteroatoms. The van der Waals surface area contributed by atoms with E-state index in [-0.39, 0.29) is 10.8 Å². The molecule has 2 aromatic rings. The third-order valence-corrected chi connectivity index (χ3v) is 6.32. The summed E-state index contributed by atoms with van der Waals surface area (Å²) >= 11 is 0.979. The fourth-order valence-electron chi connectivity index (χ4n) is 2.74. The maximum Gasteiger partial charge on any atom is 0.246 e. The first-order valence-corrected chi connectivity index (χ1v) is 9.17. The van der Waals surface area contributed by atoms with Crippen molar-refractivity contribution < 1.29 is 13.2 Å². The van der Waals surface area contributed by atoms with Crippen LogP contribution in [0.1, 0.15) is 19.3 Å². The molecule has 0 bridgehead atoms. The molecule has 22 heavy (non-hydrogen) atoms. The van der Waals surface area contributed by atoms with Crippen LogP contribution in [0.25, 0.3) is 11.0 Å². The molecular weight excluding hydrogens is 324 g/mol. The lowest BCUT2D eigenvalue weighted by atomic mass is 10.0. The minimum Gasteiger partial charge on any atom is -0.358 e. The van der Waals surface area contributed by atoms with Gasteiger partial charge in [0.1, 0.15) is 22.0 Å². The molecule has 0 aliphatic carbocycles. The van der Waals surface area contributed by atoms with Crippen LogP contribution in [0.3, 0.4) is 0 Å². The van der Waals surface area contributed by atoms with E-state index in [4.69, 9.17) is 0 Å². The first-order chi connectivity index (χ1) is 10.6. The van der Waals surface area contributed by atoms with Gasteiger partial charge in [0.15, 0.2) is 0 Å². The van der Waals surface area contributed by atoms with E-state index in [1.54, 1.807) is 12.1 Å². The molecule has 1 aliphatic rings. The lowest BCUT2D eigenvalue weighted by Crippen LogP contribution is -2.51. The number of carbonyl (C=O) groups is 1. The van der Waals surface area contributed by atoms with Crippen molar-refractivity contribution in [2.75, 3.05) is 13.6 Å². The molecule has 0 radical (unpaired) electrons. The number of rotatable bonds is 3. The molecule has 1 aliphatic heterocycles. The van der Waals surface area contributed by atoms with E-state index in [1.807, 2.05) is 0 Å². The van der Waals surface area contributed by atoms with Crippen LogP contribution in [0, 0.1) is 0 Å². The van der Waals surface area contributed by atoms with Crippen molar-refractivity contribution in [2.45, 2.75) is 30.2 Å². The second-order valence-electron chi connectivity index (χ2n) is 5.13. The molecule has 0 unspecified atom stereocenters. The molecule has 1 aromatic carbocycles. The number of carbonyl (C=O) groups excluding carboxylic acids is 1. The Bertz CT molecular complexity index is 802. The smallest absolute Gasteiger partial charge is 0.246 e. The van der Waals surface area contributed by atoms with Crippen LogP contribution in [0.4, 0.5) is 0 Å². The molecular formula is C13H16N4O3S2. The number of hydrogen-bond donors (Lipinski definition) is 1. The van der Waals surface area contributed by atoms with Crippen molar-refractivity contribution in [3.05, 3.63) is 18.2 Å². The SMILES string of the molecule is CNC(=O)[C@H]1CCCCN1S(=O)(=O)c1cccc2nsnc12. The largest absolute Gasteiger partial charge is 0.358 e. The highest BCUT2D eigenvalue weighted by atomic mass is 32.2. The van der Waals surface area contributed by atoms with Gasteiger partial charge in [-0.1, -0.05) is 12.5 Å². The van der Waals surface area contributed by atoms with Gasteiger partial charge in [0, 0.05) is 13.6 Å². The summed E-state index contributed by atoms with van der Waals surface area (Å²) in [7, 11) is -2.27. The molecule has 1 saturated heterocycles. The van der Waals surface area contributed by atoms with Gasteiger partial charge in [-0.2, -0.15) is 13.1 Å². The molecule has 7 nitrogen and oxygen atoms in total. The molecule has 1 fully saturated rings. The van der Waals surface area contributed by atoms with Crippen LogP contribution < -0.4 is 5.32 Å². The summed E-state index contributed by atoms with van der Waals surface area (Å²) in [6.07, 6.45) is 2.12. The maximum absolute atomic E-state index is 13.0. The first-order valence-electron chi connectivity index (χ1n) is 7.00. The third-order valence-electron chi connectivity index (χ3n) is 3.84. The first kappa shape index (κ1) is 15.3. The minimum atomic E-state index is -3.79. The van der Waals surface area contributed by atoms with Crippen molar-refractivity contribution in [1.29, 1.82) is 0 Å². The summed E-state index contributed by atoms with van der Waals surface area (Å²) in [5, 5.41) is 2.55. The molecule has 1 aromatic heterocycles. The number of hydrogen-bond acceptors (Lipinski definition) is 6. The number of aromatic nitrogens is 2. The summed E-state index contributed by atoms with van der Waals surface area (Å²) in [4.78, 5) is 12.1. The van der Waals surface area contributed by atoms with Gasteiger partial charge in [0.05, 0.1) is 11.7 Å². The van der Waals surface area contributed by atoms with Crippen LogP contribution in [0.2, 0.25) is 0 Å². The van der Waals surface area contributed by atoms with Crippen LogP contribution >= 0.6 is 11.7 Å². The Hall–Kier alpha value is -1.58. The number of sulfonamides is 1. The fourth-order valence-corrected chi connectivity index (χ4v) is 5.15. The number of likely N-dealkylation sites (N-methyl/N-ethyl adjacent to an activating group) is 1. The summed E-state index contributed by atoms with van der Waals surface area (Å²) < 4.78 is 35.5. The maximum atomic E-state index is 13.0. The highest BCUT2D eigenvalue weighted by molar-refractivity contribution is 7.89. The highest BCUT2D eigenvalue weighted by Crippen LogP contribution is 2.29. The van der Waals surface area contributed by atoms with Crippen molar-refractivity contribution in [2.24, 2.45) is 0 Å². The average Bonchev–Trinajstić information content (AvgIpc) is 3.02. The Morgan fingerprint density at radius 1 is 1.36 bits per heavy atom. The zero-order valence-corrected chi connectivity index (χ0v) is 13.7. The lowest BCUT2D eigenvalue weighted by molar-refractivity contribution is -0.125. The van der Waals surface area contributed by atoms with Gasteiger partial charge in [0.25, 0.3) is 0 Å². The van der Waals surface area contributed by atoms with Crippen molar-refractivity contribution in [3.63, 3.8) is 0 Å². The second-order valence-corrected chi connectivity index (χ2v) is 7.52. The summed E-state index contributed by atoms with van der Waals surface area (Å²) in [6, 6.07) is 4.24. The summed E-state index contributed by atoms with van der Waals surface area (Å²) in [5.74, 6) is -0.271. The summed E-state index contributed by atoms with van der Waals surface area (Å²) in [5.41, 5.74) is 0.924. The summed E-state index contributed by atoms with van der Waals surface area (Å²) in [6.45, 7) is 0.342. The zero-order chi connectivity index (χ0) is 15.7. The Balaban J connectivity index is 2.08. The van der Waals surface area contributed by atoms with E-state index in [2.05, 4.69) is 14.1 Å². The quantitative estimate of drug-likeness (QED) is 0.899. The van der Waals surface area contributed by atoms with Crippen LogP contribution in [-0.4, -0.2) is 47.0 Å². The number of fused-ring (bicyclic) bond motifs is 1. The second kappa shape index (κ2) is 5.90. The fraction of sp³-hybridized carbons (Fsp3) is 0.462. The van der Waals surface area contributed by atoms with Crippen molar-refractivity contribution >= 4 is 38.7 Å². The van der Waals surface area contributed by atoms with E-state index in [1.165, 1.54) is 17.4 Å². The van der Waals surface area contributed by atoms with E-state index in [9.17, 15) is 13.2 Å². The van der Waals surface area contributed by atoms with Crippen molar-refractivity contribution in [1.82, 2.24) is 18.4 Å². The lowest BCUT2D eigenvalue weighted by Gasteiger charge is -2.33. The molecule has 0 spiro atoms. The van der Waals surface area contributed by atoms with Crippen LogP contribution in [-0.2, 0) is 14.8 Å². The molecule has 1 atom stereocenters. The van der Waals surface area contributed by atoms with Gasteiger partial charge in [-0.3, -0.25) is 4.79 Å². The van der Waals surface area contributed by atoms with E-state index < -0.39 is 16.1 Å². The van der Waals surface area contributed by atoms with Crippen molar-refractivity contribution in [3.8, 4) is 0 Å². The van der Waals surface area contributed by atoms with Gasteiger partial charge in [-0.05, 0) is 25.0 Å². The molecule has 118 valence electrons. The monoisotopic (exact) mass is 340 g/mol. The molecule has 2 heterocycles. The number of benzene rings is 1. The highest BCUT2D eigenvalue weighted by Gasteiger charge is 2.38. The third kappa shape index (κ3) is 2.49. The van der Waals surface area contributed by atoms with Gasteiger partial charge in [-0.15, -0.1) is 0 Å². The van der Waals surface area contributed by atoms with Crippen LogP contribution in [0.15, 0.2) is 23.1 Å². The van der Waals surface area contributed by atoms with Gasteiger partial charge < -0.3 is 5.32 Å². The molecule has 1 amide bonds. The van der Waals surface area contributed by atoms with E-state index in [0.717, 1.165) is 24.6 Å². The standard InChI is InChI=1S/C13H16N4O3S2/c1-14-13(18)10-6-2-3-8-17(10)22(19,20)11-7-4-5-9-12(11)16-21-15-9/h4-5,7,10H,2-3,6,8H2,1H3,(H,14,18)/t10-/m1/s1. The normalized spacial score (nSPS) is 20.1. The Kier molecular flexibility index (Phi) is 4.11. The average molecular weight is 340 g/mol. The molecule has 3 rings (SSSR count). The van der Waals surface area contributed by atoms with Gasteiger partial charge in [-0.25, -0.2) is 8.42 Å². The molecule has 0 saturated carbocycles. The number of nitrogens with zero attached hydrogens (tertiary/aromatic N) is 3. The Morgan fingerprint density at radius 3 is 2.95 bits per heavy atom. The predicted molar refractivity (Wildman–Crippen MR) is 83.0 cm³/mol. The zero-order valence-electron chi connectivity index (χ0n) is 12.0. The predicted octanol–water partition coefficient (Wildman–Crippen LogP) is 0.980. The van der Waals surface area contributed by atoms with E-state index >= 15 is 0 Å². The number of amides is 1. The van der Waals surface area contributed by atoms with Gasteiger partial charge in [0.2, 0.25) is 15.9 Å². The minimum absolute atomic E-state index is 0.120.